The lowest BCUT2D eigenvalue weighted by atomic mass is 10.1. The van der Waals surface area contributed by atoms with E-state index in [2.05, 4.69) is 5.32 Å². The number of hydrogen-bond donors (Lipinski definition) is 1. The number of carbonyl (C=O) groups is 2. The molecule has 4 rings (SSSR count). The van der Waals surface area contributed by atoms with Crippen LogP contribution in [0.4, 0.5) is 4.39 Å². The van der Waals surface area contributed by atoms with Gasteiger partial charge < -0.3 is 19.7 Å². The number of benzene rings is 2. The van der Waals surface area contributed by atoms with Crippen molar-refractivity contribution in [2.75, 3.05) is 13.3 Å². The van der Waals surface area contributed by atoms with Crippen LogP contribution in [0.1, 0.15) is 22.3 Å². The van der Waals surface area contributed by atoms with E-state index in [1.165, 1.54) is 12.1 Å². The number of hydrogen-bond acceptors (Lipinski definition) is 4. The van der Waals surface area contributed by atoms with Crippen LogP contribution in [0.2, 0.25) is 0 Å². The van der Waals surface area contributed by atoms with Gasteiger partial charge in [-0.1, -0.05) is 12.1 Å². The van der Waals surface area contributed by atoms with Crippen molar-refractivity contribution in [3.05, 3.63) is 59.4 Å². The summed E-state index contributed by atoms with van der Waals surface area (Å²) in [4.78, 5) is 26.2. The molecule has 2 aromatic rings. The van der Waals surface area contributed by atoms with E-state index in [1.807, 2.05) is 0 Å². The van der Waals surface area contributed by atoms with Crippen LogP contribution in [0.15, 0.2) is 42.5 Å². The summed E-state index contributed by atoms with van der Waals surface area (Å²) in [6.07, 6.45) is 0.228. The van der Waals surface area contributed by atoms with Crippen LogP contribution in [0.25, 0.3) is 0 Å². The van der Waals surface area contributed by atoms with Crippen molar-refractivity contribution in [2.45, 2.75) is 19.0 Å². The third kappa shape index (κ3) is 3.33. The van der Waals surface area contributed by atoms with E-state index < -0.39 is 0 Å². The van der Waals surface area contributed by atoms with Gasteiger partial charge in [-0.3, -0.25) is 9.59 Å². The molecule has 6 nitrogen and oxygen atoms in total. The highest BCUT2D eigenvalue weighted by Crippen LogP contribution is 2.32. The number of nitrogens with zero attached hydrogens (tertiary/aromatic N) is 1. The second kappa shape index (κ2) is 6.67. The normalized spacial score (nSPS) is 18.3. The van der Waals surface area contributed by atoms with Gasteiger partial charge in [-0.15, -0.1) is 0 Å². The van der Waals surface area contributed by atoms with Crippen molar-refractivity contribution in [2.24, 2.45) is 0 Å². The third-order valence-electron chi connectivity index (χ3n) is 4.45. The lowest BCUT2D eigenvalue weighted by Crippen LogP contribution is -2.37. The maximum absolute atomic E-state index is 13.3. The molecule has 2 aromatic carbocycles. The first-order valence-electron chi connectivity index (χ1n) is 8.31. The molecule has 0 saturated carbocycles. The molecule has 0 bridgehead atoms. The molecule has 1 N–H and O–H groups in total. The Morgan fingerprint density at radius 1 is 1.19 bits per heavy atom. The van der Waals surface area contributed by atoms with Crippen molar-refractivity contribution in [1.29, 1.82) is 0 Å². The molecule has 0 spiro atoms. The van der Waals surface area contributed by atoms with Crippen molar-refractivity contribution >= 4 is 11.8 Å². The molecule has 7 heteroatoms. The number of rotatable bonds is 4. The quantitative estimate of drug-likeness (QED) is 0.911. The molecule has 26 heavy (non-hydrogen) atoms. The lowest BCUT2D eigenvalue weighted by Gasteiger charge is -2.17. The summed E-state index contributed by atoms with van der Waals surface area (Å²) in [5, 5.41) is 2.87. The van der Waals surface area contributed by atoms with Gasteiger partial charge in [0.25, 0.3) is 5.91 Å². The summed E-state index contributed by atoms with van der Waals surface area (Å²) >= 11 is 0. The molecular weight excluding hydrogens is 339 g/mol. The fraction of sp³-hybridized carbons (Fsp3) is 0.263. The van der Waals surface area contributed by atoms with Gasteiger partial charge in [-0.25, -0.2) is 4.39 Å². The van der Waals surface area contributed by atoms with Gasteiger partial charge in [0.05, 0.1) is 6.04 Å². The first-order valence-corrected chi connectivity index (χ1v) is 8.31. The maximum Gasteiger partial charge on any atom is 0.251 e. The van der Waals surface area contributed by atoms with Gasteiger partial charge in [0.2, 0.25) is 12.7 Å². The predicted molar refractivity (Wildman–Crippen MR) is 90.3 cm³/mol. The van der Waals surface area contributed by atoms with Crippen molar-refractivity contribution < 1.29 is 23.5 Å². The molecule has 0 radical (unpaired) electrons. The number of nitrogens with one attached hydrogen (secondary N) is 1. The second-order valence-corrected chi connectivity index (χ2v) is 6.35. The zero-order valence-electron chi connectivity index (χ0n) is 13.9. The van der Waals surface area contributed by atoms with Gasteiger partial charge in [-0.05, 0) is 35.9 Å². The van der Waals surface area contributed by atoms with Crippen LogP contribution in [-0.4, -0.2) is 36.1 Å². The van der Waals surface area contributed by atoms with Crippen molar-refractivity contribution in [3.63, 3.8) is 0 Å². The molecule has 1 atom stereocenters. The Kier molecular flexibility index (Phi) is 4.20. The van der Waals surface area contributed by atoms with E-state index in [0.717, 1.165) is 5.56 Å². The highest BCUT2D eigenvalue weighted by atomic mass is 19.1. The van der Waals surface area contributed by atoms with E-state index in [-0.39, 0.29) is 36.9 Å². The van der Waals surface area contributed by atoms with E-state index >= 15 is 0 Å². The Balaban J connectivity index is 1.38. The van der Waals surface area contributed by atoms with Crippen molar-refractivity contribution in [1.82, 2.24) is 10.2 Å². The van der Waals surface area contributed by atoms with Gasteiger partial charge in [0.15, 0.2) is 11.5 Å². The number of likely N-dealkylation sites (tertiary alicyclic amines) is 1. The Bertz CT molecular complexity index is 870. The topological polar surface area (TPSA) is 67.9 Å². The van der Waals surface area contributed by atoms with Crippen LogP contribution in [0.5, 0.6) is 11.5 Å². The van der Waals surface area contributed by atoms with Gasteiger partial charge in [0.1, 0.15) is 5.82 Å². The second-order valence-electron chi connectivity index (χ2n) is 6.35. The fourth-order valence-electron chi connectivity index (χ4n) is 3.18. The molecule has 0 unspecified atom stereocenters. The average Bonchev–Trinajstić information content (AvgIpc) is 3.21. The van der Waals surface area contributed by atoms with E-state index in [4.69, 9.17) is 9.47 Å². The third-order valence-corrected chi connectivity index (χ3v) is 4.45. The molecule has 0 aromatic heterocycles. The highest BCUT2D eigenvalue weighted by molar-refractivity contribution is 5.95. The first-order chi connectivity index (χ1) is 12.6. The minimum absolute atomic E-state index is 0.0646. The van der Waals surface area contributed by atoms with Gasteiger partial charge >= 0.3 is 0 Å². The molecule has 2 aliphatic heterocycles. The van der Waals surface area contributed by atoms with Crippen LogP contribution < -0.4 is 14.8 Å². The predicted octanol–water partition coefficient (Wildman–Crippen LogP) is 2.09. The summed E-state index contributed by atoms with van der Waals surface area (Å²) in [7, 11) is 0. The smallest absolute Gasteiger partial charge is 0.251 e. The molecule has 2 heterocycles. The number of fused-ring (bicyclic) bond motifs is 1. The summed E-state index contributed by atoms with van der Waals surface area (Å²) in [5.74, 6) is 0.479. The summed E-state index contributed by atoms with van der Waals surface area (Å²) in [6.45, 7) is 0.866. The Hall–Kier alpha value is -3.09. The zero-order chi connectivity index (χ0) is 18.1. The fourth-order valence-corrected chi connectivity index (χ4v) is 3.18. The van der Waals surface area contributed by atoms with Crippen LogP contribution in [0.3, 0.4) is 0 Å². The van der Waals surface area contributed by atoms with Gasteiger partial charge in [0, 0.05) is 25.1 Å². The maximum atomic E-state index is 13.3. The number of halogens is 1. The molecule has 0 aliphatic carbocycles. The van der Waals surface area contributed by atoms with Crippen molar-refractivity contribution in [3.8, 4) is 11.5 Å². The average molecular weight is 356 g/mol. The molecule has 1 saturated heterocycles. The summed E-state index contributed by atoms with van der Waals surface area (Å²) < 4.78 is 23.8. The largest absolute Gasteiger partial charge is 0.454 e. The van der Waals surface area contributed by atoms with Crippen LogP contribution in [0, 0.1) is 5.82 Å². The molecular formula is C19H17FN2O4. The van der Waals surface area contributed by atoms with Crippen LogP contribution >= 0.6 is 0 Å². The first kappa shape index (κ1) is 16.4. The summed E-state index contributed by atoms with van der Waals surface area (Å²) in [5.41, 5.74) is 1.17. The SMILES string of the molecule is O=C(N[C@@H]1CC(=O)N(Cc2cccc(F)c2)C1)c1ccc2c(c1)OCO2. The number of amides is 2. The van der Waals surface area contributed by atoms with Gasteiger partial charge in [-0.2, -0.15) is 0 Å². The van der Waals surface area contributed by atoms with Crippen LogP contribution in [-0.2, 0) is 11.3 Å². The monoisotopic (exact) mass is 356 g/mol. The minimum atomic E-state index is -0.332. The standard InChI is InChI=1S/C19H17FN2O4/c20-14-3-1-2-12(6-14)9-22-10-15(8-18(22)23)21-19(24)13-4-5-16-17(7-13)26-11-25-16/h1-7,15H,8-11H2,(H,21,24)/t15-/m1/s1. The lowest BCUT2D eigenvalue weighted by molar-refractivity contribution is -0.128. The molecule has 2 amide bonds. The summed E-state index contributed by atoms with van der Waals surface area (Å²) in [6, 6.07) is 10.8. The molecule has 134 valence electrons. The minimum Gasteiger partial charge on any atom is -0.454 e. The zero-order valence-corrected chi connectivity index (χ0v) is 13.9. The van der Waals surface area contributed by atoms with E-state index in [0.29, 0.717) is 30.2 Å². The van der Waals surface area contributed by atoms with E-state index in [9.17, 15) is 14.0 Å². The molecule has 2 aliphatic rings. The molecule has 1 fully saturated rings. The Labute approximate surface area is 149 Å². The number of ether oxygens (including phenoxy) is 2. The van der Waals surface area contributed by atoms with E-state index in [1.54, 1.807) is 35.2 Å². The number of carbonyl (C=O) groups excluding carboxylic acids is 2. The Morgan fingerprint density at radius 3 is 2.88 bits per heavy atom. The highest BCUT2D eigenvalue weighted by Gasteiger charge is 2.31. The Morgan fingerprint density at radius 2 is 2.04 bits per heavy atom.